The van der Waals surface area contributed by atoms with E-state index in [1.807, 2.05) is 33.9 Å². The van der Waals surface area contributed by atoms with Crippen molar-refractivity contribution in [3.05, 3.63) is 69.8 Å². The van der Waals surface area contributed by atoms with Crippen molar-refractivity contribution in [3.8, 4) is 5.75 Å². The van der Waals surface area contributed by atoms with Gasteiger partial charge in [0.05, 0.1) is 5.71 Å². The Balaban J connectivity index is 2.35. The van der Waals surface area contributed by atoms with Crippen LogP contribution in [0.5, 0.6) is 5.75 Å². The fraction of sp³-hybridized carbons (Fsp3) is 0.333. The van der Waals surface area contributed by atoms with E-state index in [2.05, 4.69) is 15.6 Å². The summed E-state index contributed by atoms with van der Waals surface area (Å²) >= 11 is 0. The van der Waals surface area contributed by atoms with E-state index in [-0.39, 0.29) is 12.4 Å². The van der Waals surface area contributed by atoms with E-state index in [0.29, 0.717) is 35.6 Å². The Bertz CT molecular complexity index is 1090. The third-order valence-electron chi connectivity index (χ3n) is 5.67. The first-order chi connectivity index (χ1) is 15.3. The largest absolute Gasteiger partial charge is 0.482 e. The van der Waals surface area contributed by atoms with Gasteiger partial charge in [-0.05, 0) is 50.6 Å². The molecular formula is C24H31FN6O. The number of rotatable bonds is 4. The highest BCUT2D eigenvalue weighted by Crippen LogP contribution is 2.34. The minimum absolute atomic E-state index is 0.238. The minimum atomic E-state index is -0.559. The highest BCUT2D eigenvalue weighted by atomic mass is 19.1. The van der Waals surface area contributed by atoms with Gasteiger partial charge >= 0.3 is 0 Å². The summed E-state index contributed by atoms with van der Waals surface area (Å²) in [5, 5.41) is 15.6. The SMILES string of the molecule is CCN/C1=C(\CN)C/C(=C(\C)NC)C(=N)c2ccc(F)cc2C(C)Oc2cc1cnc2N. The molecule has 0 aliphatic carbocycles. The topological polar surface area (TPSA) is 122 Å². The number of allylic oxidation sites excluding steroid dienone is 2. The van der Waals surface area contributed by atoms with Gasteiger partial charge in [0.25, 0.3) is 0 Å². The monoisotopic (exact) mass is 438 g/mol. The van der Waals surface area contributed by atoms with Crippen LogP contribution in [0.2, 0.25) is 0 Å². The quantitative estimate of drug-likeness (QED) is 0.498. The number of hydrogen-bond donors (Lipinski definition) is 5. The molecule has 0 fully saturated rings. The molecule has 3 rings (SSSR count). The Morgan fingerprint density at radius 3 is 2.75 bits per heavy atom. The van der Waals surface area contributed by atoms with Gasteiger partial charge in [0.2, 0.25) is 0 Å². The van der Waals surface area contributed by atoms with Crippen LogP contribution in [0.15, 0.2) is 47.3 Å². The fourth-order valence-corrected chi connectivity index (χ4v) is 3.84. The van der Waals surface area contributed by atoms with Gasteiger partial charge in [-0.2, -0.15) is 0 Å². The van der Waals surface area contributed by atoms with E-state index in [9.17, 15) is 4.39 Å². The lowest BCUT2D eigenvalue weighted by molar-refractivity contribution is 0.227. The number of nitrogen functional groups attached to an aromatic ring is 1. The number of pyridine rings is 1. The van der Waals surface area contributed by atoms with Crippen molar-refractivity contribution in [1.29, 1.82) is 5.41 Å². The standard InChI is InChI=1S/C24H31FN6O/c1-5-30-23-15(11-26)8-19(13(2)29-4)22(27)18-7-6-17(25)10-20(18)14(3)32-21-9-16(23)12-31-24(21)28/h6-7,9-10,12,14,27,29-30H,5,8,11,26H2,1-4H3,(H2,28,31)/b19-13-,23-15-,27-22?. The Hall–Kier alpha value is -3.39. The maximum atomic E-state index is 14.2. The summed E-state index contributed by atoms with van der Waals surface area (Å²) in [5.41, 5.74) is 17.9. The Labute approximate surface area is 188 Å². The molecule has 0 amide bonds. The summed E-state index contributed by atoms with van der Waals surface area (Å²) in [6.45, 7) is 6.69. The van der Waals surface area contributed by atoms with Gasteiger partial charge in [-0.1, -0.05) is 0 Å². The molecule has 7 nitrogen and oxygen atoms in total. The first-order valence-electron chi connectivity index (χ1n) is 10.6. The van der Waals surface area contributed by atoms with Crippen LogP contribution in [-0.4, -0.2) is 30.8 Å². The molecule has 0 saturated carbocycles. The van der Waals surface area contributed by atoms with Crippen LogP contribution in [0.3, 0.4) is 0 Å². The number of hydrogen-bond acceptors (Lipinski definition) is 7. The lowest BCUT2D eigenvalue weighted by atomic mass is 9.89. The van der Waals surface area contributed by atoms with Crippen molar-refractivity contribution >= 4 is 17.2 Å². The van der Waals surface area contributed by atoms with Gasteiger partial charge in [-0.15, -0.1) is 0 Å². The number of ether oxygens (including phenoxy) is 1. The summed E-state index contributed by atoms with van der Waals surface area (Å²) < 4.78 is 20.3. The number of benzene rings is 1. The molecule has 0 saturated heterocycles. The number of fused-ring (bicyclic) bond motifs is 3. The third-order valence-corrected chi connectivity index (χ3v) is 5.67. The first-order valence-corrected chi connectivity index (χ1v) is 10.6. The smallest absolute Gasteiger partial charge is 0.166 e. The molecule has 1 aromatic heterocycles. The van der Waals surface area contributed by atoms with Gasteiger partial charge in [0, 0.05) is 66.4 Å². The van der Waals surface area contributed by atoms with Crippen molar-refractivity contribution < 1.29 is 9.13 Å². The van der Waals surface area contributed by atoms with Crippen LogP contribution in [0.1, 0.15) is 50.0 Å². The van der Waals surface area contributed by atoms with E-state index in [4.69, 9.17) is 21.6 Å². The molecule has 1 aliphatic heterocycles. The average molecular weight is 439 g/mol. The van der Waals surface area contributed by atoms with Crippen molar-refractivity contribution in [2.75, 3.05) is 25.9 Å². The number of aromatic nitrogens is 1. The second-order valence-corrected chi connectivity index (χ2v) is 7.72. The average Bonchev–Trinajstić information content (AvgIpc) is 2.78. The van der Waals surface area contributed by atoms with E-state index >= 15 is 0 Å². The predicted molar refractivity (Wildman–Crippen MR) is 127 cm³/mol. The Morgan fingerprint density at radius 2 is 2.09 bits per heavy atom. The first kappa shape index (κ1) is 23.3. The van der Waals surface area contributed by atoms with Crippen molar-refractivity contribution in [2.24, 2.45) is 5.73 Å². The molecule has 1 atom stereocenters. The number of anilines is 1. The van der Waals surface area contributed by atoms with E-state index in [1.165, 1.54) is 12.1 Å². The Kier molecular flexibility index (Phi) is 7.15. The molecule has 1 aromatic carbocycles. The van der Waals surface area contributed by atoms with Crippen LogP contribution in [0.4, 0.5) is 10.2 Å². The van der Waals surface area contributed by atoms with E-state index in [0.717, 1.165) is 28.1 Å². The lowest BCUT2D eigenvalue weighted by Crippen LogP contribution is -2.22. The molecule has 1 unspecified atom stereocenters. The molecular weight excluding hydrogens is 407 g/mol. The Morgan fingerprint density at radius 1 is 1.34 bits per heavy atom. The zero-order valence-corrected chi connectivity index (χ0v) is 19.0. The molecule has 2 bridgehead atoms. The number of nitrogens with zero attached hydrogens (tertiary/aromatic N) is 1. The highest BCUT2D eigenvalue weighted by Gasteiger charge is 2.24. The third kappa shape index (κ3) is 4.60. The second kappa shape index (κ2) is 9.82. The molecule has 0 radical (unpaired) electrons. The highest BCUT2D eigenvalue weighted by molar-refractivity contribution is 6.12. The van der Waals surface area contributed by atoms with Crippen LogP contribution < -0.4 is 26.8 Å². The van der Waals surface area contributed by atoms with Crippen molar-refractivity contribution in [2.45, 2.75) is 33.3 Å². The van der Waals surface area contributed by atoms with E-state index < -0.39 is 11.9 Å². The molecule has 0 spiro atoms. The molecule has 32 heavy (non-hydrogen) atoms. The molecule has 7 N–H and O–H groups in total. The van der Waals surface area contributed by atoms with Gasteiger partial charge in [0.1, 0.15) is 11.9 Å². The fourth-order valence-electron chi connectivity index (χ4n) is 3.84. The molecule has 2 heterocycles. The molecule has 2 aromatic rings. The molecule has 1 aliphatic rings. The summed E-state index contributed by atoms with van der Waals surface area (Å²) in [5.74, 6) is 0.237. The maximum Gasteiger partial charge on any atom is 0.166 e. The summed E-state index contributed by atoms with van der Waals surface area (Å²) in [6, 6.07) is 6.21. The van der Waals surface area contributed by atoms with Crippen molar-refractivity contribution in [1.82, 2.24) is 15.6 Å². The van der Waals surface area contributed by atoms with Gasteiger partial charge in [0.15, 0.2) is 11.6 Å². The lowest BCUT2D eigenvalue weighted by Gasteiger charge is -2.25. The summed E-state index contributed by atoms with van der Waals surface area (Å²) in [4.78, 5) is 4.32. The van der Waals surface area contributed by atoms with Gasteiger partial charge < -0.3 is 26.8 Å². The van der Waals surface area contributed by atoms with Gasteiger partial charge in [-0.3, -0.25) is 5.41 Å². The van der Waals surface area contributed by atoms with Crippen molar-refractivity contribution in [3.63, 3.8) is 0 Å². The molecule has 8 heteroatoms. The second-order valence-electron chi connectivity index (χ2n) is 7.72. The zero-order valence-electron chi connectivity index (χ0n) is 19.0. The minimum Gasteiger partial charge on any atom is -0.482 e. The summed E-state index contributed by atoms with van der Waals surface area (Å²) in [7, 11) is 1.82. The van der Waals surface area contributed by atoms with Crippen LogP contribution in [0, 0.1) is 11.2 Å². The van der Waals surface area contributed by atoms with Crippen LogP contribution in [-0.2, 0) is 0 Å². The van der Waals surface area contributed by atoms with E-state index in [1.54, 1.807) is 12.3 Å². The normalized spacial score (nSPS) is 20.4. The summed E-state index contributed by atoms with van der Waals surface area (Å²) in [6.07, 6.45) is 1.56. The number of halogens is 1. The van der Waals surface area contributed by atoms with Crippen LogP contribution in [0.25, 0.3) is 5.70 Å². The zero-order chi connectivity index (χ0) is 23.4. The van der Waals surface area contributed by atoms with Crippen LogP contribution >= 0.6 is 0 Å². The van der Waals surface area contributed by atoms with Gasteiger partial charge in [-0.25, -0.2) is 9.37 Å². The number of nitrogens with two attached hydrogens (primary N) is 2. The predicted octanol–water partition coefficient (Wildman–Crippen LogP) is 3.49. The molecule has 170 valence electrons. The number of nitrogens with one attached hydrogen (secondary N) is 3. The maximum absolute atomic E-state index is 14.2.